The highest BCUT2D eigenvalue weighted by atomic mass is 16.5. The Hall–Kier alpha value is -3.26. The molecule has 3 heterocycles. The molecule has 8 heteroatoms. The molecule has 180 valence electrons. The number of carbonyl (C=O) groups is 1. The largest absolute Gasteiger partial charge is 0.494 e. The number of amides is 1. The molecule has 2 N–H and O–H groups in total. The summed E-state index contributed by atoms with van der Waals surface area (Å²) in [5.74, 6) is 1.50. The number of hydrogen-bond acceptors (Lipinski definition) is 6. The number of hydrogen-bond donors (Lipinski definition) is 2. The third kappa shape index (κ3) is 5.12. The predicted molar refractivity (Wildman–Crippen MR) is 131 cm³/mol. The number of carbonyl (C=O) groups excluding carboxylic acids is 1. The first-order valence-corrected chi connectivity index (χ1v) is 12.1. The number of nitrogens with one attached hydrogen (secondary N) is 2. The third-order valence-corrected chi connectivity index (χ3v) is 6.72. The summed E-state index contributed by atoms with van der Waals surface area (Å²) in [4.78, 5) is 14.6. The van der Waals surface area contributed by atoms with Gasteiger partial charge in [0.2, 0.25) is 0 Å². The van der Waals surface area contributed by atoms with Gasteiger partial charge in [0.05, 0.1) is 12.1 Å². The zero-order valence-corrected chi connectivity index (χ0v) is 19.6. The van der Waals surface area contributed by atoms with Crippen LogP contribution in [0.25, 0.3) is 22.2 Å². The second-order valence-electron chi connectivity index (χ2n) is 9.08. The highest BCUT2D eigenvalue weighted by Crippen LogP contribution is 2.34. The van der Waals surface area contributed by atoms with E-state index in [-0.39, 0.29) is 6.61 Å². The van der Waals surface area contributed by atoms with Gasteiger partial charge in [-0.25, -0.2) is 4.79 Å². The Morgan fingerprint density at radius 3 is 2.88 bits per heavy atom. The van der Waals surface area contributed by atoms with E-state index in [9.17, 15) is 4.79 Å². The fourth-order valence-electron chi connectivity index (χ4n) is 4.80. The summed E-state index contributed by atoms with van der Waals surface area (Å²) < 4.78 is 16.7. The normalized spacial score (nSPS) is 17.6. The van der Waals surface area contributed by atoms with Crippen LogP contribution in [0.5, 0.6) is 5.75 Å². The van der Waals surface area contributed by atoms with Crippen molar-refractivity contribution in [3.8, 4) is 17.0 Å². The monoisotopic (exact) mass is 464 g/mol. The first-order chi connectivity index (χ1) is 16.7. The minimum Gasteiger partial charge on any atom is -0.494 e. The fourth-order valence-corrected chi connectivity index (χ4v) is 4.80. The SMILES string of the molecule is COCCC1CCN(c2cc3cc(c2)-c2n[nH]c4ccc(cc24)OCCCNC(=O)OC3)CC1. The van der Waals surface area contributed by atoms with E-state index in [1.165, 1.54) is 0 Å². The van der Waals surface area contributed by atoms with Crippen LogP contribution in [-0.4, -0.2) is 56.2 Å². The average molecular weight is 465 g/mol. The van der Waals surface area contributed by atoms with E-state index < -0.39 is 6.09 Å². The Labute approximate surface area is 199 Å². The molecule has 0 radical (unpaired) electrons. The molecule has 4 bridgehead atoms. The molecule has 0 saturated carbocycles. The Morgan fingerprint density at radius 2 is 2.03 bits per heavy atom. The van der Waals surface area contributed by atoms with Gasteiger partial charge in [-0.15, -0.1) is 0 Å². The molecule has 2 aliphatic heterocycles. The molecule has 8 nitrogen and oxygen atoms in total. The number of methoxy groups -OCH3 is 1. The minimum atomic E-state index is -0.413. The zero-order chi connectivity index (χ0) is 23.3. The molecular weight excluding hydrogens is 432 g/mol. The summed E-state index contributed by atoms with van der Waals surface area (Å²) in [7, 11) is 1.77. The van der Waals surface area contributed by atoms with Crippen LogP contribution in [0.1, 0.15) is 31.2 Å². The van der Waals surface area contributed by atoms with E-state index in [0.29, 0.717) is 25.5 Å². The van der Waals surface area contributed by atoms with E-state index in [2.05, 4.69) is 38.6 Å². The zero-order valence-electron chi connectivity index (χ0n) is 19.6. The van der Waals surface area contributed by atoms with E-state index in [1.54, 1.807) is 7.11 Å². The van der Waals surface area contributed by atoms with Crippen molar-refractivity contribution >= 4 is 22.7 Å². The molecule has 0 spiro atoms. The van der Waals surface area contributed by atoms with Gasteiger partial charge in [-0.1, -0.05) is 0 Å². The number of fused-ring (bicyclic) bond motifs is 4. The standard InChI is InChI=1S/C26H32N4O4/c1-32-12-7-18-5-9-30(10-6-18)21-14-19-13-20(15-21)25-23-16-22(3-4-24(23)28-29-25)33-11-2-8-27-26(31)34-17-19/h3-4,13-16,18H,2,5-12,17H2,1H3,(H,27,31)(H,28,29). The number of H-pyrrole nitrogens is 1. The quantitative estimate of drug-likeness (QED) is 0.591. The molecule has 5 rings (SSSR count). The van der Waals surface area contributed by atoms with Crippen LogP contribution in [0.2, 0.25) is 0 Å². The van der Waals surface area contributed by atoms with Crippen molar-refractivity contribution < 1.29 is 19.0 Å². The van der Waals surface area contributed by atoms with Crippen molar-refractivity contribution in [2.45, 2.75) is 32.3 Å². The summed E-state index contributed by atoms with van der Waals surface area (Å²) in [5, 5.41) is 11.6. The van der Waals surface area contributed by atoms with Crippen LogP contribution < -0.4 is 15.0 Å². The van der Waals surface area contributed by atoms with E-state index in [1.807, 2.05) is 18.2 Å². The van der Waals surface area contributed by atoms with Crippen molar-refractivity contribution in [1.29, 1.82) is 0 Å². The van der Waals surface area contributed by atoms with Crippen LogP contribution in [0.3, 0.4) is 0 Å². The van der Waals surface area contributed by atoms with Gasteiger partial charge >= 0.3 is 6.09 Å². The molecule has 0 aliphatic carbocycles. The number of cyclic esters (lactones) is 1. The lowest BCUT2D eigenvalue weighted by Gasteiger charge is -2.34. The lowest BCUT2D eigenvalue weighted by molar-refractivity contribution is 0.139. The number of anilines is 1. The van der Waals surface area contributed by atoms with E-state index in [0.717, 1.165) is 78.1 Å². The van der Waals surface area contributed by atoms with Crippen molar-refractivity contribution in [3.05, 3.63) is 42.0 Å². The lowest BCUT2D eigenvalue weighted by atomic mass is 9.93. The molecule has 0 atom stereocenters. The van der Waals surface area contributed by atoms with Gasteiger partial charge in [0, 0.05) is 50.0 Å². The summed E-state index contributed by atoms with van der Waals surface area (Å²) in [6.07, 6.45) is 3.69. The van der Waals surface area contributed by atoms with Crippen LogP contribution >= 0.6 is 0 Å². The summed E-state index contributed by atoms with van der Waals surface area (Å²) in [6.45, 7) is 4.04. The molecule has 1 saturated heterocycles. The summed E-state index contributed by atoms with van der Waals surface area (Å²) in [5.41, 5.74) is 4.91. The fraction of sp³-hybridized carbons (Fsp3) is 0.462. The minimum absolute atomic E-state index is 0.209. The van der Waals surface area contributed by atoms with Gasteiger partial charge in [0.25, 0.3) is 0 Å². The third-order valence-electron chi connectivity index (χ3n) is 6.72. The Morgan fingerprint density at radius 1 is 1.15 bits per heavy atom. The number of benzene rings is 2. The second-order valence-corrected chi connectivity index (χ2v) is 9.08. The van der Waals surface area contributed by atoms with Gasteiger partial charge in [-0.3, -0.25) is 5.10 Å². The van der Waals surface area contributed by atoms with Crippen LogP contribution in [0, 0.1) is 5.92 Å². The van der Waals surface area contributed by atoms with Crippen molar-refractivity contribution in [3.63, 3.8) is 0 Å². The maximum absolute atomic E-state index is 12.2. The van der Waals surface area contributed by atoms with Gasteiger partial charge in [-0.2, -0.15) is 5.10 Å². The molecule has 1 aromatic heterocycles. The van der Waals surface area contributed by atoms with Crippen LogP contribution in [-0.2, 0) is 16.1 Å². The van der Waals surface area contributed by atoms with Gasteiger partial charge < -0.3 is 24.4 Å². The van der Waals surface area contributed by atoms with E-state index in [4.69, 9.17) is 14.2 Å². The lowest BCUT2D eigenvalue weighted by Crippen LogP contribution is -2.34. The van der Waals surface area contributed by atoms with Crippen molar-refractivity contribution in [1.82, 2.24) is 15.5 Å². The molecular formula is C26H32N4O4. The number of nitrogens with zero attached hydrogens (tertiary/aromatic N) is 2. The Bertz CT molecular complexity index is 1140. The summed E-state index contributed by atoms with van der Waals surface area (Å²) in [6, 6.07) is 12.4. The number of ether oxygens (including phenoxy) is 3. The molecule has 0 unspecified atom stereocenters. The Balaban J connectivity index is 1.48. The number of rotatable bonds is 4. The van der Waals surface area contributed by atoms with E-state index >= 15 is 0 Å². The highest BCUT2D eigenvalue weighted by Gasteiger charge is 2.21. The molecule has 34 heavy (non-hydrogen) atoms. The van der Waals surface area contributed by atoms with Gasteiger partial charge in [0.1, 0.15) is 18.1 Å². The second kappa shape index (κ2) is 10.3. The van der Waals surface area contributed by atoms with Crippen LogP contribution in [0.4, 0.5) is 10.5 Å². The van der Waals surface area contributed by atoms with Gasteiger partial charge in [0.15, 0.2) is 0 Å². The number of aromatic nitrogens is 2. The highest BCUT2D eigenvalue weighted by molar-refractivity contribution is 5.94. The molecule has 1 amide bonds. The topological polar surface area (TPSA) is 88.7 Å². The molecule has 2 aliphatic rings. The van der Waals surface area contributed by atoms with Crippen molar-refractivity contribution in [2.24, 2.45) is 5.92 Å². The number of alkyl carbamates (subject to hydrolysis) is 1. The first kappa shape index (κ1) is 22.5. The number of piperidine rings is 1. The maximum atomic E-state index is 12.2. The molecule has 1 fully saturated rings. The average Bonchev–Trinajstić information content (AvgIpc) is 3.29. The number of aromatic amines is 1. The predicted octanol–water partition coefficient (Wildman–Crippen LogP) is 4.49. The van der Waals surface area contributed by atoms with Crippen LogP contribution in [0.15, 0.2) is 36.4 Å². The molecule has 2 aromatic carbocycles. The van der Waals surface area contributed by atoms with Gasteiger partial charge in [-0.05, 0) is 73.6 Å². The summed E-state index contributed by atoms with van der Waals surface area (Å²) >= 11 is 0. The maximum Gasteiger partial charge on any atom is 0.407 e. The smallest absolute Gasteiger partial charge is 0.407 e. The molecule has 3 aromatic rings. The Kier molecular flexibility index (Phi) is 6.85. The van der Waals surface area contributed by atoms with Crippen molar-refractivity contribution in [2.75, 3.05) is 44.9 Å². The first-order valence-electron chi connectivity index (χ1n) is 12.1.